The molecule has 2 aliphatic rings. The van der Waals surface area contributed by atoms with Crippen molar-refractivity contribution in [1.82, 2.24) is 9.88 Å². The van der Waals surface area contributed by atoms with Gasteiger partial charge in [0, 0.05) is 16.4 Å². The molecule has 1 unspecified atom stereocenters. The number of aliphatic carboxylic acids is 1. The van der Waals surface area contributed by atoms with Gasteiger partial charge in [-0.2, -0.15) is 0 Å². The van der Waals surface area contributed by atoms with Crippen molar-refractivity contribution in [1.29, 1.82) is 0 Å². The highest BCUT2D eigenvalue weighted by molar-refractivity contribution is 8.01. The van der Waals surface area contributed by atoms with E-state index in [1.54, 1.807) is 11.8 Å². The molecule has 1 fully saturated rings. The van der Waals surface area contributed by atoms with Gasteiger partial charge < -0.3 is 10.8 Å². The summed E-state index contributed by atoms with van der Waals surface area (Å²) in [5.41, 5.74) is 6.83. The molecule has 128 valence electrons. The lowest BCUT2D eigenvalue weighted by molar-refractivity contribution is -0.146. The Morgan fingerprint density at radius 3 is 2.88 bits per heavy atom. The van der Waals surface area contributed by atoms with Gasteiger partial charge >= 0.3 is 5.97 Å². The maximum Gasteiger partial charge on any atom is 0.352 e. The zero-order valence-electron chi connectivity index (χ0n) is 12.8. The summed E-state index contributed by atoms with van der Waals surface area (Å²) < 4.78 is 0.767. The number of carboxylic acids is 1. The smallest absolute Gasteiger partial charge is 0.352 e. The number of hydrogen-bond donors (Lipinski definition) is 2. The molecule has 24 heavy (non-hydrogen) atoms. The number of aromatic nitrogens is 1. The molecule has 1 aromatic heterocycles. The zero-order valence-corrected chi connectivity index (χ0v) is 15.2. The van der Waals surface area contributed by atoms with E-state index in [1.165, 1.54) is 28.0 Å². The second kappa shape index (κ2) is 6.77. The van der Waals surface area contributed by atoms with Crippen LogP contribution in [0.4, 0.5) is 0 Å². The second-order valence-electron chi connectivity index (χ2n) is 5.41. The summed E-state index contributed by atoms with van der Waals surface area (Å²) in [6.07, 6.45) is 0.566. The van der Waals surface area contributed by atoms with Gasteiger partial charge in [0.25, 0.3) is 0 Å². The second-order valence-corrected chi connectivity index (χ2v) is 8.88. The molecule has 1 aromatic rings. The summed E-state index contributed by atoms with van der Waals surface area (Å²) in [5.74, 6) is -0.551. The van der Waals surface area contributed by atoms with Crippen LogP contribution < -0.4 is 5.73 Å². The number of carbonyl (C=O) groups excluding carboxylic acids is 2. The van der Waals surface area contributed by atoms with Gasteiger partial charge in [-0.3, -0.25) is 14.5 Å². The number of nitrogens with zero attached hydrogens (tertiary/aromatic N) is 2. The van der Waals surface area contributed by atoms with Crippen molar-refractivity contribution in [3.63, 3.8) is 0 Å². The lowest BCUT2D eigenvalue weighted by atomic mass is 10.1. The van der Waals surface area contributed by atoms with Crippen molar-refractivity contribution in [2.75, 3.05) is 11.5 Å². The molecule has 7 nitrogen and oxygen atoms in total. The van der Waals surface area contributed by atoms with E-state index in [2.05, 4.69) is 4.98 Å². The van der Waals surface area contributed by atoms with Crippen LogP contribution in [-0.2, 0) is 20.8 Å². The third-order valence-corrected chi connectivity index (χ3v) is 7.38. The van der Waals surface area contributed by atoms with Gasteiger partial charge in [0.05, 0.1) is 23.9 Å². The van der Waals surface area contributed by atoms with E-state index < -0.39 is 11.9 Å². The van der Waals surface area contributed by atoms with Crippen LogP contribution in [0.15, 0.2) is 15.6 Å². The summed E-state index contributed by atoms with van der Waals surface area (Å²) in [6.45, 7) is 1.82. The van der Waals surface area contributed by atoms with E-state index in [0.29, 0.717) is 17.9 Å². The average Bonchev–Trinajstić information content (AvgIpc) is 2.83. The molecule has 1 atom stereocenters. The third-order valence-electron chi connectivity index (χ3n) is 3.71. The number of thioether (sulfide) groups is 2. The quantitative estimate of drug-likeness (QED) is 0.559. The molecule has 2 aliphatic heterocycles. The molecule has 0 aliphatic carbocycles. The van der Waals surface area contributed by atoms with Gasteiger partial charge in [-0.15, -0.1) is 23.1 Å². The summed E-state index contributed by atoms with van der Waals surface area (Å²) in [7, 11) is 0. The number of aryl methyl sites for hydroxylation is 1. The normalized spacial score (nSPS) is 20.0. The predicted molar refractivity (Wildman–Crippen MR) is 92.8 cm³/mol. The predicted octanol–water partition coefficient (Wildman–Crippen LogP) is 1.22. The summed E-state index contributed by atoms with van der Waals surface area (Å²) in [4.78, 5) is 40.9. The van der Waals surface area contributed by atoms with E-state index in [9.17, 15) is 19.5 Å². The first kappa shape index (κ1) is 17.3. The minimum absolute atomic E-state index is 0.0402. The highest BCUT2D eigenvalue weighted by atomic mass is 32.2. The highest BCUT2D eigenvalue weighted by Gasteiger charge is 2.45. The Hall–Kier alpha value is -1.52. The molecule has 0 saturated carbocycles. The van der Waals surface area contributed by atoms with Crippen LogP contribution in [0.1, 0.15) is 17.0 Å². The summed E-state index contributed by atoms with van der Waals surface area (Å²) in [5, 5.41) is 9.42. The molecular weight excluding hydrogens is 370 g/mol. The van der Waals surface area contributed by atoms with E-state index >= 15 is 0 Å². The molecule has 3 N–H and O–H groups in total. The maximum atomic E-state index is 11.7. The Bertz CT molecular complexity index is 758. The standard InChI is InChI=1S/C14H15N3O4S3/c1-6-8(2-9(15)18)24-14(16-6)23-5-7-4-22-11-3-10(19)17(11)12(7)13(20)21/h11H,2-5H2,1H3,(H2,15,18)(H,20,21). The van der Waals surface area contributed by atoms with Gasteiger partial charge in [-0.25, -0.2) is 9.78 Å². The van der Waals surface area contributed by atoms with Gasteiger partial charge in [0.15, 0.2) is 4.34 Å². The van der Waals surface area contributed by atoms with Gasteiger partial charge in [-0.1, -0.05) is 11.8 Å². The fourth-order valence-corrected chi connectivity index (χ4v) is 6.17. The van der Waals surface area contributed by atoms with Crippen molar-refractivity contribution >= 4 is 52.6 Å². The number of fused-ring (bicyclic) bond motifs is 1. The van der Waals surface area contributed by atoms with Gasteiger partial charge in [0.2, 0.25) is 11.8 Å². The number of β-lactam (4-membered cyclic amide) rings is 1. The van der Waals surface area contributed by atoms with E-state index in [-0.39, 0.29) is 23.4 Å². The minimum Gasteiger partial charge on any atom is -0.477 e. The van der Waals surface area contributed by atoms with Crippen LogP contribution in [0.3, 0.4) is 0 Å². The van der Waals surface area contributed by atoms with Crippen molar-refractivity contribution < 1.29 is 19.5 Å². The highest BCUT2D eigenvalue weighted by Crippen LogP contribution is 2.41. The largest absolute Gasteiger partial charge is 0.477 e. The number of amides is 2. The van der Waals surface area contributed by atoms with Crippen molar-refractivity contribution in [3.8, 4) is 0 Å². The Morgan fingerprint density at radius 1 is 1.50 bits per heavy atom. The van der Waals surface area contributed by atoms with Crippen LogP contribution in [-0.4, -0.2) is 49.7 Å². The Balaban J connectivity index is 1.75. The fourth-order valence-electron chi connectivity index (χ4n) is 2.52. The van der Waals surface area contributed by atoms with E-state index in [4.69, 9.17) is 5.73 Å². The zero-order chi connectivity index (χ0) is 17.4. The summed E-state index contributed by atoms with van der Waals surface area (Å²) in [6, 6.07) is 0. The molecule has 3 heterocycles. The van der Waals surface area contributed by atoms with Gasteiger partial charge in [0.1, 0.15) is 5.70 Å². The monoisotopic (exact) mass is 385 g/mol. The Labute approximate surface area is 150 Å². The van der Waals surface area contributed by atoms with E-state index in [0.717, 1.165) is 20.5 Å². The van der Waals surface area contributed by atoms with Crippen LogP contribution in [0, 0.1) is 6.92 Å². The SMILES string of the molecule is Cc1nc(SCC2=C(C(=O)O)N3C(=O)CC3SC2)sc1CC(N)=O. The first-order valence-electron chi connectivity index (χ1n) is 7.13. The molecule has 0 bridgehead atoms. The van der Waals surface area contributed by atoms with Crippen LogP contribution >= 0.6 is 34.9 Å². The first-order valence-corrected chi connectivity index (χ1v) is 9.98. The fraction of sp³-hybridized carbons (Fsp3) is 0.429. The van der Waals surface area contributed by atoms with Crippen LogP contribution in [0.5, 0.6) is 0 Å². The number of hydrogen-bond acceptors (Lipinski definition) is 7. The lowest BCUT2D eigenvalue weighted by Crippen LogP contribution is -2.54. The number of carboxylic acid groups (broad SMARTS) is 1. The molecule has 2 amide bonds. The number of thiazole rings is 1. The maximum absolute atomic E-state index is 11.7. The minimum atomic E-state index is -1.06. The van der Waals surface area contributed by atoms with E-state index in [1.807, 2.05) is 6.92 Å². The number of rotatable bonds is 6. The number of nitrogens with two attached hydrogens (primary N) is 1. The molecule has 1 saturated heterocycles. The van der Waals surface area contributed by atoms with Crippen LogP contribution in [0.25, 0.3) is 0 Å². The lowest BCUT2D eigenvalue weighted by Gasteiger charge is -2.43. The Kier molecular flexibility index (Phi) is 4.88. The molecule has 0 radical (unpaired) electrons. The van der Waals surface area contributed by atoms with Crippen LogP contribution in [0.2, 0.25) is 0 Å². The molecule has 10 heteroatoms. The van der Waals surface area contributed by atoms with Crippen molar-refractivity contribution in [2.24, 2.45) is 5.73 Å². The number of primary amides is 1. The summed E-state index contributed by atoms with van der Waals surface area (Å²) >= 11 is 4.41. The molecule has 3 rings (SSSR count). The average molecular weight is 385 g/mol. The third kappa shape index (κ3) is 3.31. The number of carbonyl (C=O) groups is 3. The first-order chi connectivity index (χ1) is 11.4. The molecule has 0 spiro atoms. The Morgan fingerprint density at radius 2 is 2.25 bits per heavy atom. The topological polar surface area (TPSA) is 114 Å². The molecule has 0 aromatic carbocycles. The van der Waals surface area contributed by atoms with Crippen molar-refractivity contribution in [3.05, 3.63) is 21.8 Å². The van der Waals surface area contributed by atoms with Crippen molar-refractivity contribution in [2.45, 2.75) is 29.5 Å². The van der Waals surface area contributed by atoms with Gasteiger partial charge in [-0.05, 0) is 12.5 Å². The molecular formula is C14H15N3O4S3.